The molecule has 4 nitrogen and oxygen atoms in total. The van der Waals surface area contributed by atoms with Crippen molar-refractivity contribution < 1.29 is 19.4 Å². The third kappa shape index (κ3) is 29.7. The average Bonchev–Trinajstić information content (AvgIpc) is 2.94. The number of rotatable bonds is 32. The van der Waals surface area contributed by atoms with Crippen LogP contribution in [0.25, 0.3) is 0 Å². The Labute approximate surface area is 249 Å². The van der Waals surface area contributed by atoms with Crippen molar-refractivity contribution >= 4 is 11.9 Å². The fourth-order valence-electron chi connectivity index (χ4n) is 5.42. The van der Waals surface area contributed by atoms with E-state index in [0.29, 0.717) is 13.0 Å². The predicted octanol–water partition coefficient (Wildman–Crippen LogP) is 11.7. The van der Waals surface area contributed by atoms with Crippen LogP contribution in [0.5, 0.6) is 0 Å². The minimum atomic E-state index is -0.916. The van der Waals surface area contributed by atoms with E-state index in [0.717, 1.165) is 19.3 Å². The van der Waals surface area contributed by atoms with Gasteiger partial charge in [-0.15, -0.1) is 0 Å². The zero-order chi connectivity index (χ0) is 29.4. The predicted molar refractivity (Wildman–Crippen MR) is 172 cm³/mol. The summed E-state index contributed by atoms with van der Waals surface area (Å²) in [4.78, 5) is 23.1. The smallest absolute Gasteiger partial charge is 0.309 e. The van der Waals surface area contributed by atoms with Gasteiger partial charge in [0.1, 0.15) is 0 Å². The van der Waals surface area contributed by atoms with Gasteiger partial charge >= 0.3 is 11.9 Å². The van der Waals surface area contributed by atoms with Gasteiger partial charge in [-0.3, -0.25) is 9.59 Å². The molecular weight excluding hydrogens is 496 g/mol. The summed E-state index contributed by atoms with van der Waals surface area (Å²) < 4.78 is 5.16. The molecule has 0 saturated heterocycles. The van der Waals surface area contributed by atoms with E-state index in [-0.39, 0.29) is 12.4 Å². The van der Waals surface area contributed by atoms with E-state index in [4.69, 9.17) is 9.84 Å². The molecule has 4 heteroatoms. The maximum absolute atomic E-state index is 12.0. The van der Waals surface area contributed by atoms with Gasteiger partial charge in [0.2, 0.25) is 0 Å². The number of carboxylic acid groups (broad SMARTS) is 1. The van der Waals surface area contributed by atoms with E-state index in [9.17, 15) is 9.59 Å². The molecule has 0 spiro atoms. The molecule has 0 amide bonds. The summed E-state index contributed by atoms with van der Waals surface area (Å²) in [5.74, 6) is -1.74. The van der Waals surface area contributed by atoms with Gasteiger partial charge in [0.05, 0.1) is 18.9 Å². The first-order valence-corrected chi connectivity index (χ1v) is 17.6. The molecule has 0 saturated carbocycles. The second-order valence-electron chi connectivity index (χ2n) is 12.1. The summed E-state index contributed by atoms with van der Waals surface area (Å²) in [5.41, 5.74) is 0. The van der Waals surface area contributed by atoms with Gasteiger partial charge in [0, 0.05) is 0 Å². The van der Waals surface area contributed by atoms with Crippen LogP contribution < -0.4 is 0 Å². The lowest BCUT2D eigenvalue weighted by Crippen LogP contribution is -2.21. The number of carboxylic acids is 1. The second kappa shape index (κ2) is 32.2. The van der Waals surface area contributed by atoms with Gasteiger partial charge in [0.25, 0.3) is 0 Å². The number of esters is 1. The number of allylic oxidation sites excluding steroid dienone is 2. The number of ether oxygens (including phenoxy) is 1. The van der Waals surface area contributed by atoms with Gasteiger partial charge in [-0.05, 0) is 38.5 Å². The van der Waals surface area contributed by atoms with Crippen LogP contribution in [0.3, 0.4) is 0 Å². The molecule has 1 N–H and O–H groups in total. The highest BCUT2D eigenvalue weighted by Crippen LogP contribution is 2.18. The molecule has 0 aliphatic heterocycles. The zero-order valence-electron chi connectivity index (χ0n) is 26.9. The van der Waals surface area contributed by atoms with E-state index in [1.165, 1.54) is 148 Å². The number of aliphatic carboxylic acids is 1. The van der Waals surface area contributed by atoms with Crippen LogP contribution in [0, 0.1) is 5.92 Å². The van der Waals surface area contributed by atoms with Crippen LogP contribution in [-0.4, -0.2) is 23.7 Å². The molecule has 236 valence electrons. The van der Waals surface area contributed by atoms with Crippen molar-refractivity contribution in [1.29, 1.82) is 0 Å². The molecule has 0 rings (SSSR count). The molecule has 0 radical (unpaired) electrons. The lowest BCUT2D eigenvalue weighted by Gasteiger charge is -2.13. The molecule has 0 heterocycles. The molecule has 1 atom stereocenters. The van der Waals surface area contributed by atoms with Crippen LogP contribution in [0.1, 0.15) is 194 Å². The van der Waals surface area contributed by atoms with Gasteiger partial charge in [-0.25, -0.2) is 0 Å². The van der Waals surface area contributed by atoms with Crippen molar-refractivity contribution in [1.82, 2.24) is 0 Å². The summed E-state index contributed by atoms with van der Waals surface area (Å²) in [5, 5.41) is 9.05. The normalized spacial score (nSPS) is 12.2. The molecule has 1 unspecified atom stereocenters. The summed E-state index contributed by atoms with van der Waals surface area (Å²) in [7, 11) is 0. The summed E-state index contributed by atoms with van der Waals surface area (Å²) in [6, 6.07) is 0. The van der Waals surface area contributed by atoms with Crippen LogP contribution >= 0.6 is 0 Å². The Balaban J connectivity index is 3.34. The highest BCUT2D eigenvalue weighted by molar-refractivity contribution is 5.79. The largest absolute Gasteiger partial charge is 0.481 e. The van der Waals surface area contributed by atoms with Gasteiger partial charge in [0.15, 0.2) is 0 Å². The molecule has 0 aromatic rings. The first-order chi connectivity index (χ1) is 19.6. The minimum Gasteiger partial charge on any atom is -0.481 e. The van der Waals surface area contributed by atoms with E-state index < -0.39 is 11.9 Å². The monoisotopic (exact) mass is 565 g/mol. The quantitative estimate of drug-likeness (QED) is 0.0501. The van der Waals surface area contributed by atoms with Gasteiger partial charge < -0.3 is 9.84 Å². The first kappa shape index (κ1) is 38.7. The molecule has 0 aromatic carbocycles. The number of carbonyl (C=O) groups excluding carboxylic acids is 1. The van der Waals surface area contributed by atoms with Crippen LogP contribution in [-0.2, 0) is 14.3 Å². The third-order valence-corrected chi connectivity index (χ3v) is 8.02. The molecule has 0 aromatic heterocycles. The van der Waals surface area contributed by atoms with Crippen molar-refractivity contribution in [2.75, 3.05) is 6.61 Å². The van der Waals surface area contributed by atoms with E-state index in [1.807, 2.05) is 6.92 Å². The third-order valence-electron chi connectivity index (χ3n) is 8.02. The number of unbranched alkanes of at least 4 members (excludes halogenated alkanes) is 23. The average molecular weight is 565 g/mol. The summed E-state index contributed by atoms with van der Waals surface area (Å²) in [6.45, 7) is 4.61. The van der Waals surface area contributed by atoms with Crippen molar-refractivity contribution in [2.24, 2.45) is 5.92 Å². The Morgan fingerprint density at radius 1 is 0.550 bits per heavy atom. The Kier molecular flexibility index (Phi) is 31.1. The highest BCUT2D eigenvalue weighted by atomic mass is 16.5. The van der Waals surface area contributed by atoms with Gasteiger partial charge in [-0.1, -0.05) is 161 Å². The number of hydrogen-bond donors (Lipinski definition) is 1. The fraction of sp³-hybridized carbons (Fsp3) is 0.889. The lowest BCUT2D eigenvalue weighted by molar-refractivity contribution is -0.153. The maximum atomic E-state index is 12.0. The molecule has 0 fully saturated rings. The number of hydrogen-bond acceptors (Lipinski definition) is 3. The van der Waals surface area contributed by atoms with Crippen LogP contribution in [0.4, 0.5) is 0 Å². The van der Waals surface area contributed by atoms with Crippen molar-refractivity contribution in [3.05, 3.63) is 12.2 Å². The SMILES string of the molecule is CCCCCCCCCCCC/C=C/CCCCCCCCCCCCCCCC(CC(=O)O)C(=O)OCCC. The van der Waals surface area contributed by atoms with Crippen LogP contribution in [0.2, 0.25) is 0 Å². The topological polar surface area (TPSA) is 63.6 Å². The Hall–Kier alpha value is -1.32. The van der Waals surface area contributed by atoms with Crippen molar-refractivity contribution in [3.8, 4) is 0 Å². The standard InChI is InChI=1S/C36H68O4/c1-3-5-6-7-8-9-10-11-12-13-14-15-16-17-18-19-20-21-22-23-24-25-26-27-28-29-30-31-34(33-35(37)38)36(39)40-32-4-2/h15-16,34H,3-14,17-33H2,1-2H3,(H,37,38)/b16-15+. The minimum absolute atomic E-state index is 0.112. The fourth-order valence-corrected chi connectivity index (χ4v) is 5.42. The van der Waals surface area contributed by atoms with Crippen molar-refractivity contribution in [2.45, 2.75) is 194 Å². The zero-order valence-corrected chi connectivity index (χ0v) is 26.9. The molecule has 0 bridgehead atoms. The highest BCUT2D eigenvalue weighted by Gasteiger charge is 2.22. The Morgan fingerprint density at radius 3 is 1.30 bits per heavy atom. The van der Waals surface area contributed by atoms with Gasteiger partial charge in [-0.2, -0.15) is 0 Å². The molecule has 40 heavy (non-hydrogen) atoms. The van der Waals surface area contributed by atoms with Crippen molar-refractivity contribution in [3.63, 3.8) is 0 Å². The Bertz CT molecular complexity index is 571. The van der Waals surface area contributed by atoms with E-state index >= 15 is 0 Å². The molecule has 0 aliphatic rings. The maximum Gasteiger partial charge on any atom is 0.309 e. The number of carbonyl (C=O) groups is 2. The first-order valence-electron chi connectivity index (χ1n) is 17.6. The van der Waals surface area contributed by atoms with E-state index in [1.54, 1.807) is 0 Å². The summed E-state index contributed by atoms with van der Waals surface area (Å²) in [6.07, 6.45) is 39.5. The Morgan fingerprint density at radius 2 is 0.925 bits per heavy atom. The molecule has 0 aliphatic carbocycles. The summed E-state index contributed by atoms with van der Waals surface area (Å²) >= 11 is 0. The molecular formula is C36H68O4. The van der Waals surface area contributed by atoms with Crippen LogP contribution in [0.15, 0.2) is 12.2 Å². The van der Waals surface area contributed by atoms with E-state index in [2.05, 4.69) is 19.1 Å². The lowest BCUT2D eigenvalue weighted by atomic mass is 9.97. The second-order valence-corrected chi connectivity index (χ2v) is 12.1.